The quantitative estimate of drug-likeness (QED) is 0.0819. The Morgan fingerprint density at radius 2 is 1.00 bits per heavy atom. The molecule has 0 spiro atoms. The molecule has 8 heteroatoms. The number of halogens is 2. The second-order valence-electron chi connectivity index (χ2n) is 16.2. The number of fused-ring (bicyclic) bond motifs is 2. The van der Waals surface area contributed by atoms with Crippen LogP contribution in [0.5, 0.6) is 0 Å². The number of allylic oxidation sites excluding steroid dienone is 2. The van der Waals surface area contributed by atoms with Crippen LogP contribution in [0.25, 0.3) is 34.4 Å². The summed E-state index contributed by atoms with van der Waals surface area (Å²) in [5.41, 5.74) is 14.2. The van der Waals surface area contributed by atoms with E-state index in [0.29, 0.717) is 24.7 Å². The molecule has 2 amide bonds. The summed E-state index contributed by atoms with van der Waals surface area (Å²) in [4.78, 5) is 25.2. The zero-order valence-corrected chi connectivity index (χ0v) is 37.7. The van der Waals surface area contributed by atoms with Gasteiger partial charge in [0.25, 0.3) is 0 Å². The second kappa shape index (κ2) is 16.9. The van der Waals surface area contributed by atoms with Crippen LogP contribution < -0.4 is 10.5 Å². The first-order chi connectivity index (χ1) is 26.0. The van der Waals surface area contributed by atoms with Crippen LogP contribution in [-0.4, -0.2) is 17.4 Å². The average Bonchev–Trinajstić information content (AvgIpc) is 3.71. The maximum absolute atomic E-state index is 12.6. The standard InChI is InChI=1S/2C22H25.C2H3BN2O2.2ClH.Hf/c2*1-4-8-18-9-5-6-11-20(18)21-12-7-10-19-14-17(13-16(2)3)15-22(19)21;6-1-4-3-5-2-7;;;/h2*5-7,9-12,14-16H,4,8,13H2,1-3H3;1-2H,(H-,4,5,6,7);2*1H;/q;;;;;+1/p-1. The second-order valence-corrected chi connectivity index (χ2v) is 46.6. The van der Waals surface area contributed by atoms with Gasteiger partial charge in [0.1, 0.15) is 0 Å². The van der Waals surface area contributed by atoms with Crippen molar-refractivity contribution in [2.75, 3.05) is 0 Å². The molecule has 0 heterocycles. The third-order valence-corrected chi connectivity index (χ3v) is 40.1. The van der Waals surface area contributed by atoms with Gasteiger partial charge in [0.2, 0.25) is 0 Å². The molecule has 0 saturated carbocycles. The van der Waals surface area contributed by atoms with E-state index in [4.69, 9.17) is 17.2 Å². The van der Waals surface area contributed by atoms with Crippen LogP contribution in [0.15, 0.2) is 96.1 Å². The van der Waals surface area contributed by atoms with Crippen molar-refractivity contribution < 1.29 is 25.5 Å². The molecule has 4 nitrogen and oxygen atoms in total. The SMILES string of the molecule is CCCc1ccccc1-c1cccc2c1C=C(CC(C)C)[CH]2[Hf]([Cl])([Cl])([B](NC=O)NC=O)[CH]1C(CC(C)C)=Cc2c(-c3ccccc3CCC)cccc21. The van der Waals surface area contributed by atoms with Gasteiger partial charge in [0.15, 0.2) is 0 Å². The Kier molecular flexibility index (Phi) is 12.7. The molecule has 4 aromatic carbocycles. The molecule has 0 saturated heterocycles. The first-order valence-corrected chi connectivity index (χ1v) is 34.9. The van der Waals surface area contributed by atoms with E-state index in [9.17, 15) is 9.59 Å². The fourth-order valence-corrected chi connectivity index (χ4v) is 39.0. The Morgan fingerprint density at radius 3 is 1.37 bits per heavy atom. The number of nitrogens with one attached hydrogen (secondary N) is 2. The van der Waals surface area contributed by atoms with Crippen molar-refractivity contribution in [2.45, 2.75) is 87.4 Å². The van der Waals surface area contributed by atoms with Crippen LogP contribution in [0.3, 0.4) is 0 Å². The number of hydrogen-bond acceptors (Lipinski definition) is 2. The summed E-state index contributed by atoms with van der Waals surface area (Å²) < 4.78 is -1.70. The maximum atomic E-state index is 12.6. The van der Waals surface area contributed by atoms with Crippen molar-refractivity contribution in [1.82, 2.24) is 10.5 Å². The van der Waals surface area contributed by atoms with Crippen LogP contribution >= 0.6 is 17.2 Å². The van der Waals surface area contributed by atoms with Gasteiger partial charge >= 0.3 is 334 Å². The molecule has 54 heavy (non-hydrogen) atoms. The molecule has 0 bridgehead atoms. The number of hydrogen-bond donors (Lipinski definition) is 2. The number of aryl methyl sites for hydroxylation is 2. The third-order valence-electron chi connectivity index (χ3n) is 11.4. The van der Waals surface area contributed by atoms with Gasteiger partial charge in [0, 0.05) is 0 Å². The summed E-state index contributed by atoms with van der Waals surface area (Å²) in [5.74, 6) is 0.635. The topological polar surface area (TPSA) is 58.2 Å². The minimum atomic E-state index is -6.08. The Hall–Kier alpha value is -3.18. The predicted molar refractivity (Wildman–Crippen MR) is 228 cm³/mol. The zero-order valence-electron chi connectivity index (χ0n) is 32.6. The summed E-state index contributed by atoms with van der Waals surface area (Å²) in [6, 6.07) is 30.4. The molecular weight excluding hydrogens is 873 g/mol. The number of rotatable bonds is 17. The number of benzene rings is 4. The Morgan fingerprint density at radius 1 is 0.611 bits per heavy atom. The Bertz CT molecular complexity index is 1950. The summed E-state index contributed by atoms with van der Waals surface area (Å²) in [7, 11) is 17.5. The first kappa shape index (κ1) is 40.5. The Labute approximate surface area is 331 Å². The molecule has 2 unspecified atom stereocenters. The van der Waals surface area contributed by atoms with E-state index in [0.717, 1.165) is 71.9 Å². The molecule has 0 fully saturated rings. The Balaban J connectivity index is 1.68. The molecule has 2 N–H and O–H groups in total. The number of carbonyl (C=O) groups excluding carboxylic acids is 2. The van der Waals surface area contributed by atoms with E-state index in [1.807, 2.05) is 0 Å². The van der Waals surface area contributed by atoms with Crippen LogP contribution in [0.1, 0.15) is 108 Å². The molecule has 2 aliphatic carbocycles. The van der Waals surface area contributed by atoms with Crippen molar-refractivity contribution >= 4 is 46.7 Å². The fourth-order valence-electron chi connectivity index (χ4n) is 9.54. The zero-order chi connectivity index (χ0) is 38.6. The minimum absolute atomic E-state index is 0.317. The van der Waals surface area contributed by atoms with Crippen LogP contribution in [0, 0.1) is 11.8 Å². The van der Waals surface area contributed by atoms with E-state index in [1.54, 1.807) is 0 Å². The van der Waals surface area contributed by atoms with Crippen molar-refractivity contribution in [3.8, 4) is 22.3 Å². The van der Waals surface area contributed by atoms with E-state index in [-0.39, 0.29) is 7.35 Å². The van der Waals surface area contributed by atoms with Gasteiger partial charge in [-0.3, -0.25) is 0 Å². The van der Waals surface area contributed by atoms with Crippen molar-refractivity contribution in [3.05, 3.63) is 129 Å². The normalized spacial score (nSPS) is 17.0. The molecule has 0 aliphatic heterocycles. The number of carbonyl (C=O) groups is 2. The van der Waals surface area contributed by atoms with E-state index in [2.05, 4.69) is 149 Å². The average molecular weight is 927 g/mol. The third kappa shape index (κ3) is 7.40. The van der Waals surface area contributed by atoms with Gasteiger partial charge in [-0.25, -0.2) is 0 Å². The first-order valence-electron chi connectivity index (χ1n) is 19.8. The molecule has 4 aromatic rings. The van der Waals surface area contributed by atoms with Gasteiger partial charge in [-0.05, 0) is 0 Å². The van der Waals surface area contributed by atoms with E-state index in [1.165, 1.54) is 33.4 Å². The molecule has 2 atom stereocenters. The van der Waals surface area contributed by atoms with Crippen LogP contribution in [0.2, 0.25) is 0 Å². The van der Waals surface area contributed by atoms with Gasteiger partial charge < -0.3 is 0 Å². The molecule has 0 radical (unpaired) electrons. The summed E-state index contributed by atoms with van der Waals surface area (Å²) in [5, 5.41) is 6.06. The van der Waals surface area contributed by atoms with Crippen molar-refractivity contribution in [2.24, 2.45) is 11.8 Å². The molecule has 2 aliphatic rings. The van der Waals surface area contributed by atoms with Crippen molar-refractivity contribution in [1.29, 1.82) is 0 Å². The van der Waals surface area contributed by atoms with Crippen molar-refractivity contribution in [3.63, 3.8) is 0 Å². The molecule has 281 valence electrons. The van der Waals surface area contributed by atoms with Gasteiger partial charge in [-0.15, -0.1) is 0 Å². The molecule has 0 aromatic heterocycles. The summed E-state index contributed by atoms with van der Waals surface area (Å²) >= 11 is -6.08. The summed E-state index contributed by atoms with van der Waals surface area (Å²) in [6.45, 7) is 13.3. The summed E-state index contributed by atoms with van der Waals surface area (Å²) in [6.07, 6.45) is 11.6. The fraction of sp³-hybridized carbons (Fsp3) is 0.348. The van der Waals surface area contributed by atoms with E-state index >= 15 is 0 Å². The monoisotopic (exact) mass is 927 g/mol. The van der Waals surface area contributed by atoms with Gasteiger partial charge in [-0.2, -0.15) is 0 Å². The molecular formula is C46H54BCl2HfN2O2. The molecule has 6 rings (SSSR count). The van der Waals surface area contributed by atoms with Gasteiger partial charge in [0.05, 0.1) is 0 Å². The van der Waals surface area contributed by atoms with Gasteiger partial charge in [-0.1, -0.05) is 0 Å². The number of amides is 2. The van der Waals surface area contributed by atoms with E-state index < -0.39 is 20.5 Å². The van der Waals surface area contributed by atoms with Crippen LogP contribution in [0.4, 0.5) is 0 Å². The predicted octanol–water partition coefficient (Wildman–Crippen LogP) is 12.1. The van der Waals surface area contributed by atoms with Crippen LogP contribution in [-0.2, 0) is 38.3 Å².